The first-order valence-electron chi connectivity index (χ1n) is 9.18. The molecule has 0 saturated carbocycles. The van der Waals surface area contributed by atoms with Crippen LogP contribution in [0.5, 0.6) is 0 Å². The van der Waals surface area contributed by atoms with Gasteiger partial charge in [-0.15, -0.1) is 0 Å². The average Bonchev–Trinajstić information content (AvgIpc) is 2.92. The van der Waals surface area contributed by atoms with Gasteiger partial charge in [0, 0.05) is 48.4 Å². The molecule has 0 N–H and O–H groups in total. The summed E-state index contributed by atoms with van der Waals surface area (Å²) < 4.78 is 1.13. The van der Waals surface area contributed by atoms with Crippen LogP contribution in [0.3, 0.4) is 0 Å². The normalized spacial score (nSPS) is 19.6. The molecule has 6 heteroatoms. The topological polar surface area (TPSA) is 43.9 Å². The Kier molecular flexibility index (Phi) is 6.70. The molecule has 0 bridgehead atoms. The Hall–Kier alpha value is -1.15. The van der Waals surface area contributed by atoms with Gasteiger partial charge in [-0.25, -0.2) is 0 Å². The van der Waals surface area contributed by atoms with Crippen molar-refractivity contribution in [1.29, 1.82) is 0 Å². The summed E-state index contributed by atoms with van der Waals surface area (Å²) in [6.07, 6.45) is 4.74. The highest BCUT2D eigenvalue weighted by atomic mass is 127. The van der Waals surface area contributed by atoms with Crippen molar-refractivity contribution in [3.8, 4) is 0 Å². The third kappa shape index (κ3) is 5.17. The van der Waals surface area contributed by atoms with Crippen molar-refractivity contribution in [3.63, 3.8) is 0 Å². The predicted octanol–water partition coefficient (Wildman–Crippen LogP) is 2.45. The molecule has 0 radical (unpaired) electrons. The lowest BCUT2D eigenvalue weighted by Crippen LogP contribution is -2.51. The minimum absolute atomic E-state index is 0.0925. The number of halogens is 1. The van der Waals surface area contributed by atoms with Crippen LogP contribution in [0.2, 0.25) is 0 Å². The zero-order valence-corrected chi connectivity index (χ0v) is 16.8. The summed E-state index contributed by atoms with van der Waals surface area (Å²) in [7, 11) is 0. The maximum absolute atomic E-state index is 12.6. The molecule has 2 heterocycles. The van der Waals surface area contributed by atoms with Crippen LogP contribution in [-0.4, -0.2) is 72.3 Å². The highest BCUT2D eigenvalue weighted by Gasteiger charge is 2.25. The molecule has 25 heavy (non-hydrogen) atoms. The van der Waals surface area contributed by atoms with Crippen LogP contribution in [0.15, 0.2) is 24.3 Å². The fraction of sp³-hybridized carbons (Fsp3) is 0.579. The summed E-state index contributed by atoms with van der Waals surface area (Å²) >= 11 is 2.24. The van der Waals surface area contributed by atoms with Crippen molar-refractivity contribution in [2.24, 2.45) is 0 Å². The fourth-order valence-electron chi connectivity index (χ4n) is 3.50. The quantitative estimate of drug-likeness (QED) is 0.658. The number of hydrogen-bond donors (Lipinski definition) is 0. The minimum Gasteiger partial charge on any atom is -0.342 e. The minimum atomic E-state index is 0.0925. The Labute approximate surface area is 163 Å². The van der Waals surface area contributed by atoms with Crippen LogP contribution in [0.4, 0.5) is 0 Å². The lowest BCUT2D eigenvalue weighted by molar-refractivity contribution is -0.132. The van der Waals surface area contributed by atoms with E-state index in [0.717, 1.165) is 48.2 Å². The van der Waals surface area contributed by atoms with Gasteiger partial charge in [0.05, 0.1) is 6.54 Å². The van der Waals surface area contributed by atoms with E-state index in [-0.39, 0.29) is 11.8 Å². The summed E-state index contributed by atoms with van der Waals surface area (Å²) in [5, 5.41) is 0. The highest BCUT2D eigenvalue weighted by Crippen LogP contribution is 2.13. The largest absolute Gasteiger partial charge is 0.342 e. The number of hydrogen-bond acceptors (Lipinski definition) is 3. The molecule has 1 aromatic carbocycles. The van der Waals surface area contributed by atoms with Crippen molar-refractivity contribution in [2.45, 2.75) is 25.7 Å². The first-order valence-corrected chi connectivity index (χ1v) is 10.3. The SMILES string of the molecule is O=C(CN1CCN(C(=O)c2ccc(I)cc2)CC1)N1CCCCCC1. The van der Waals surface area contributed by atoms with Crippen LogP contribution in [-0.2, 0) is 4.79 Å². The maximum Gasteiger partial charge on any atom is 0.253 e. The molecule has 0 spiro atoms. The third-order valence-electron chi connectivity index (χ3n) is 5.07. The van der Waals surface area contributed by atoms with E-state index in [1.165, 1.54) is 12.8 Å². The molecule has 2 amide bonds. The molecule has 2 aliphatic rings. The molecule has 0 aliphatic carbocycles. The second-order valence-corrected chi connectivity index (χ2v) is 8.12. The summed E-state index contributed by atoms with van der Waals surface area (Å²) in [4.78, 5) is 31.2. The van der Waals surface area contributed by atoms with E-state index in [1.54, 1.807) is 0 Å². The molecule has 0 unspecified atom stereocenters. The Balaban J connectivity index is 1.47. The number of rotatable bonds is 3. The molecule has 1 aromatic rings. The lowest BCUT2D eigenvalue weighted by Gasteiger charge is -2.35. The van der Waals surface area contributed by atoms with Crippen molar-refractivity contribution in [1.82, 2.24) is 14.7 Å². The first-order chi connectivity index (χ1) is 12.1. The number of nitrogens with zero attached hydrogens (tertiary/aromatic N) is 3. The van der Waals surface area contributed by atoms with Gasteiger partial charge in [-0.1, -0.05) is 12.8 Å². The molecular weight excluding hydrogens is 429 g/mol. The predicted molar refractivity (Wildman–Crippen MR) is 107 cm³/mol. The third-order valence-corrected chi connectivity index (χ3v) is 5.79. The summed E-state index contributed by atoms with van der Waals surface area (Å²) in [5.74, 6) is 0.342. The molecule has 136 valence electrons. The van der Waals surface area contributed by atoms with Crippen LogP contribution in [0.25, 0.3) is 0 Å². The molecule has 5 nitrogen and oxygen atoms in total. The van der Waals surface area contributed by atoms with Crippen molar-refractivity contribution < 1.29 is 9.59 Å². The summed E-state index contributed by atoms with van der Waals surface area (Å²) in [6.45, 7) is 5.24. The van der Waals surface area contributed by atoms with E-state index < -0.39 is 0 Å². The lowest BCUT2D eigenvalue weighted by atomic mass is 10.2. The van der Waals surface area contributed by atoms with Gasteiger partial charge in [0.2, 0.25) is 5.91 Å². The van der Waals surface area contributed by atoms with Gasteiger partial charge >= 0.3 is 0 Å². The van der Waals surface area contributed by atoms with E-state index in [4.69, 9.17) is 0 Å². The molecule has 0 aromatic heterocycles. The number of carbonyl (C=O) groups excluding carboxylic acids is 2. The van der Waals surface area contributed by atoms with Gasteiger partial charge < -0.3 is 9.80 Å². The van der Waals surface area contributed by atoms with Gasteiger partial charge in [-0.05, 0) is 59.7 Å². The molecule has 2 fully saturated rings. The smallest absolute Gasteiger partial charge is 0.253 e. The standard InChI is InChI=1S/C19H26IN3O2/c20-17-7-5-16(6-8-17)19(25)23-13-11-21(12-14-23)15-18(24)22-9-3-1-2-4-10-22/h5-8H,1-4,9-15H2. The van der Waals surface area contributed by atoms with E-state index in [9.17, 15) is 9.59 Å². The van der Waals surface area contributed by atoms with Crippen LogP contribution >= 0.6 is 22.6 Å². The monoisotopic (exact) mass is 455 g/mol. The summed E-state index contributed by atoms with van der Waals surface area (Å²) in [6, 6.07) is 7.70. The van der Waals surface area contributed by atoms with Gasteiger partial charge in [-0.2, -0.15) is 0 Å². The van der Waals surface area contributed by atoms with Crippen LogP contribution in [0, 0.1) is 3.57 Å². The first kappa shape index (κ1) is 18.6. The molecule has 2 saturated heterocycles. The summed E-state index contributed by atoms with van der Waals surface area (Å²) in [5.41, 5.74) is 0.745. The number of carbonyl (C=O) groups is 2. The number of piperazine rings is 1. The van der Waals surface area contributed by atoms with E-state index in [0.29, 0.717) is 19.6 Å². The van der Waals surface area contributed by atoms with Crippen molar-refractivity contribution in [2.75, 3.05) is 45.8 Å². The highest BCUT2D eigenvalue weighted by molar-refractivity contribution is 14.1. The van der Waals surface area contributed by atoms with E-state index >= 15 is 0 Å². The Morgan fingerprint density at radius 2 is 1.40 bits per heavy atom. The fourth-order valence-corrected chi connectivity index (χ4v) is 3.86. The number of amides is 2. The van der Waals surface area contributed by atoms with Crippen molar-refractivity contribution in [3.05, 3.63) is 33.4 Å². The van der Waals surface area contributed by atoms with Gasteiger partial charge in [0.25, 0.3) is 5.91 Å². The Morgan fingerprint density at radius 1 is 0.800 bits per heavy atom. The van der Waals surface area contributed by atoms with Crippen molar-refractivity contribution >= 4 is 34.4 Å². The molecular formula is C19H26IN3O2. The Bertz CT molecular complexity index is 589. The average molecular weight is 455 g/mol. The zero-order valence-electron chi connectivity index (χ0n) is 14.6. The van der Waals surface area contributed by atoms with Crippen LogP contribution < -0.4 is 0 Å². The van der Waals surface area contributed by atoms with Gasteiger partial charge in [0.1, 0.15) is 0 Å². The molecule has 3 rings (SSSR count). The molecule has 2 aliphatic heterocycles. The second kappa shape index (κ2) is 8.98. The Morgan fingerprint density at radius 3 is 2.00 bits per heavy atom. The zero-order chi connectivity index (χ0) is 17.6. The molecule has 0 atom stereocenters. The van der Waals surface area contributed by atoms with Gasteiger partial charge in [-0.3, -0.25) is 14.5 Å². The van der Waals surface area contributed by atoms with Crippen LogP contribution in [0.1, 0.15) is 36.0 Å². The number of benzene rings is 1. The van der Waals surface area contributed by atoms with E-state index in [1.807, 2.05) is 34.1 Å². The van der Waals surface area contributed by atoms with E-state index in [2.05, 4.69) is 27.5 Å². The second-order valence-electron chi connectivity index (χ2n) is 6.87. The number of likely N-dealkylation sites (tertiary alicyclic amines) is 1. The van der Waals surface area contributed by atoms with Gasteiger partial charge in [0.15, 0.2) is 0 Å². The maximum atomic E-state index is 12.6.